The van der Waals surface area contributed by atoms with Crippen LogP contribution in [0.15, 0.2) is 40.0 Å². The number of anilines is 1. The number of carbonyl (C=O) groups is 1. The largest absolute Gasteiger partial charge is 0.462 e. The first-order valence-electron chi connectivity index (χ1n) is 8.30. The van der Waals surface area contributed by atoms with E-state index in [9.17, 15) is 4.79 Å². The number of unbranched alkanes of at least 4 members (excludes halogenated alkanes) is 2. The summed E-state index contributed by atoms with van der Waals surface area (Å²) in [4.78, 5) is 12.8. The SMILES string of the molecule is CCCCCOC(=O)C1=C(C)Nc2nnnn2C1c1ccccc1Br. The molecule has 0 radical (unpaired) electrons. The number of nitrogens with zero attached hydrogens (tertiary/aromatic N) is 4. The van der Waals surface area contributed by atoms with Crippen molar-refractivity contribution in [3.8, 4) is 0 Å². The van der Waals surface area contributed by atoms with E-state index < -0.39 is 6.04 Å². The molecule has 25 heavy (non-hydrogen) atoms. The van der Waals surface area contributed by atoms with E-state index in [0.29, 0.717) is 23.8 Å². The highest BCUT2D eigenvalue weighted by atomic mass is 79.9. The van der Waals surface area contributed by atoms with Crippen molar-refractivity contribution in [2.75, 3.05) is 11.9 Å². The van der Waals surface area contributed by atoms with E-state index in [4.69, 9.17) is 4.74 Å². The normalized spacial score (nSPS) is 16.4. The molecule has 1 aromatic carbocycles. The van der Waals surface area contributed by atoms with Crippen molar-refractivity contribution in [3.05, 3.63) is 45.6 Å². The predicted molar refractivity (Wildman–Crippen MR) is 96.9 cm³/mol. The maximum Gasteiger partial charge on any atom is 0.338 e. The molecule has 0 fully saturated rings. The van der Waals surface area contributed by atoms with E-state index in [0.717, 1.165) is 29.3 Å². The summed E-state index contributed by atoms with van der Waals surface area (Å²) in [5.74, 6) is 0.156. The smallest absolute Gasteiger partial charge is 0.338 e. The maximum absolute atomic E-state index is 12.8. The second kappa shape index (κ2) is 7.77. The van der Waals surface area contributed by atoms with E-state index in [1.54, 1.807) is 4.68 Å². The molecular formula is C17H20BrN5O2. The van der Waals surface area contributed by atoms with Gasteiger partial charge >= 0.3 is 5.97 Å². The Kier molecular flexibility index (Phi) is 5.47. The summed E-state index contributed by atoms with van der Waals surface area (Å²) in [5.41, 5.74) is 2.11. The number of nitrogens with one attached hydrogen (secondary N) is 1. The Hall–Kier alpha value is -2.22. The maximum atomic E-state index is 12.8. The number of fused-ring (bicyclic) bond motifs is 1. The van der Waals surface area contributed by atoms with Gasteiger partial charge in [0.05, 0.1) is 12.2 Å². The van der Waals surface area contributed by atoms with Crippen molar-refractivity contribution in [2.45, 2.75) is 39.2 Å². The molecule has 0 amide bonds. The number of ether oxygens (including phenoxy) is 1. The molecule has 2 aromatic rings. The van der Waals surface area contributed by atoms with Gasteiger partial charge in [-0.15, -0.1) is 0 Å². The molecule has 1 unspecified atom stereocenters. The number of hydrogen-bond donors (Lipinski definition) is 1. The number of tetrazole rings is 1. The molecule has 1 aliphatic heterocycles. The zero-order valence-corrected chi connectivity index (χ0v) is 15.8. The lowest BCUT2D eigenvalue weighted by atomic mass is 9.96. The Balaban J connectivity index is 1.96. The van der Waals surface area contributed by atoms with E-state index in [1.807, 2.05) is 31.2 Å². The van der Waals surface area contributed by atoms with Crippen molar-refractivity contribution in [3.63, 3.8) is 0 Å². The van der Waals surface area contributed by atoms with Gasteiger partial charge in [0.1, 0.15) is 6.04 Å². The Morgan fingerprint density at radius 2 is 2.16 bits per heavy atom. The average Bonchev–Trinajstić information content (AvgIpc) is 3.06. The summed E-state index contributed by atoms with van der Waals surface area (Å²) in [6.45, 7) is 4.36. The number of benzene rings is 1. The molecule has 7 nitrogen and oxygen atoms in total. The van der Waals surface area contributed by atoms with E-state index in [-0.39, 0.29) is 5.97 Å². The van der Waals surface area contributed by atoms with Crippen LogP contribution in [0.25, 0.3) is 0 Å². The first-order valence-corrected chi connectivity index (χ1v) is 9.10. The summed E-state index contributed by atoms with van der Waals surface area (Å²) in [5, 5.41) is 14.9. The van der Waals surface area contributed by atoms with Crippen LogP contribution in [0.3, 0.4) is 0 Å². The lowest BCUT2D eigenvalue weighted by Gasteiger charge is -2.28. The quantitative estimate of drug-likeness (QED) is 0.585. The van der Waals surface area contributed by atoms with E-state index >= 15 is 0 Å². The van der Waals surface area contributed by atoms with Crippen LogP contribution in [-0.4, -0.2) is 32.8 Å². The van der Waals surface area contributed by atoms with Gasteiger partial charge in [-0.25, -0.2) is 4.79 Å². The molecule has 1 N–H and O–H groups in total. The molecule has 8 heteroatoms. The van der Waals surface area contributed by atoms with Gasteiger partial charge in [0.25, 0.3) is 0 Å². The van der Waals surface area contributed by atoms with E-state index in [2.05, 4.69) is 43.7 Å². The molecule has 1 atom stereocenters. The topological polar surface area (TPSA) is 81.9 Å². The zero-order chi connectivity index (χ0) is 17.8. The summed E-state index contributed by atoms with van der Waals surface area (Å²) < 4.78 is 7.99. The second-order valence-corrected chi connectivity index (χ2v) is 6.73. The minimum atomic E-state index is -0.444. The third-order valence-electron chi connectivity index (χ3n) is 4.11. The van der Waals surface area contributed by atoms with Crippen LogP contribution < -0.4 is 5.32 Å². The van der Waals surface area contributed by atoms with Gasteiger partial charge in [0.2, 0.25) is 5.95 Å². The van der Waals surface area contributed by atoms with Gasteiger partial charge in [-0.2, -0.15) is 4.68 Å². The number of rotatable bonds is 6. The molecular weight excluding hydrogens is 386 g/mol. The van der Waals surface area contributed by atoms with Crippen LogP contribution in [0, 0.1) is 0 Å². The van der Waals surface area contributed by atoms with Gasteiger partial charge in [0.15, 0.2) is 0 Å². The van der Waals surface area contributed by atoms with Crippen LogP contribution in [0.4, 0.5) is 5.95 Å². The summed E-state index contributed by atoms with van der Waals surface area (Å²) in [6.07, 6.45) is 2.97. The highest BCUT2D eigenvalue weighted by Crippen LogP contribution is 2.37. The molecule has 132 valence electrons. The van der Waals surface area contributed by atoms with Gasteiger partial charge in [-0.05, 0) is 35.4 Å². The molecule has 2 heterocycles. The van der Waals surface area contributed by atoms with Gasteiger partial charge in [-0.3, -0.25) is 0 Å². The third-order valence-corrected chi connectivity index (χ3v) is 4.84. The van der Waals surface area contributed by atoms with Gasteiger partial charge in [-0.1, -0.05) is 59.0 Å². The highest BCUT2D eigenvalue weighted by Gasteiger charge is 2.35. The molecule has 0 bridgehead atoms. The Morgan fingerprint density at radius 1 is 1.36 bits per heavy atom. The van der Waals surface area contributed by atoms with Gasteiger partial charge in [0, 0.05) is 10.2 Å². The second-order valence-electron chi connectivity index (χ2n) is 5.88. The fourth-order valence-electron chi connectivity index (χ4n) is 2.86. The van der Waals surface area contributed by atoms with Crippen molar-refractivity contribution >= 4 is 27.8 Å². The molecule has 1 aromatic heterocycles. The standard InChI is InChI=1S/C17H20BrN5O2/c1-3-4-7-10-25-16(24)14-11(2)19-17-20-21-22-23(17)15(14)12-8-5-6-9-13(12)18/h5-6,8-9,15H,3-4,7,10H2,1-2H3,(H,19,20,22). The Bertz CT molecular complexity index is 802. The number of aromatic nitrogens is 4. The summed E-state index contributed by atoms with van der Waals surface area (Å²) in [7, 11) is 0. The van der Waals surface area contributed by atoms with E-state index in [1.165, 1.54) is 0 Å². The lowest BCUT2D eigenvalue weighted by molar-refractivity contribution is -0.139. The monoisotopic (exact) mass is 405 g/mol. The number of halogens is 1. The van der Waals surface area contributed by atoms with Crippen LogP contribution in [0.2, 0.25) is 0 Å². The number of allylic oxidation sites excluding steroid dienone is 1. The number of esters is 1. The minimum absolute atomic E-state index is 0.344. The first-order chi connectivity index (χ1) is 12.1. The van der Waals surface area contributed by atoms with Crippen molar-refractivity contribution in [1.29, 1.82) is 0 Å². The van der Waals surface area contributed by atoms with Crippen LogP contribution in [-0.2, 0) is 9.53 Å². The number of carbonyl (C=O) groups excluding carboxylic acids is 1. The average molecular weight is 406 g/mol. The minimum Gasteiger partial charge on any atom is -0.462 e. The number of hydrogen-bond acceptors (Lipinski definition) is 6. The van der Waals surface area contributed by atoms with Crippen LogP contribution >= 0.6 is 15.9 Å². The molecule has 0 spiro atoms. The molecule has 0 saturated heterocycles. The molecule has 0 aliphatic carbocycles. The van der Waals surface area contributed by atoms with Crippen LogP contribution in [0.1, 0.15) is 44.7 Å². The summed E-state index contributed by atoms with van der Waals surface area (Å²) >= 11 is 3.56. The van der Waals surface area contributed by atoms with Crippen LogP contribution in [0.5, 0.6) is 0 Å². The van der Waals surface area contributed by atoms with Gasteiger partial charge < -0.3 is 10.1 Å². The first kappa shape index (κ1) is 17.6. The third kappa shape index (κ3) is 3.58. The van der Waals surface area contributed by atoms with Crippen molar-refractivity contribution in [2.24, 2.45) is 0 Å². The van der Waals surface area contributed by atoms with Crippen molar-refractivity contribution < 1.29 is 9.53 Å². The zero-order valence-electron chi connectivity index (χ0n) is 14.2. The molecule has 3 rings (SSSR count). The lowest BCUT2D eigenvalue weighted by Crippen LogP contribution is -2.30. The van der Waals surface area contributed by atoms with Crippen molar-refractivity contribution in [1.82, 2.24) is 20.2 Å². The summed E-state index contributed by atoms with van der Waals surface area (Å²) in [6, 6.07) is 7.28. The molecule has 1 aliphatic rings. The Morgan fingerprint density at radius 3 is 2.92 bits per heavy atom. The highest BCUT2D eigenvalue weighted by molar-refractivity contribution is 9.10. The fourth-order valence-corrected chi connectivity index (χ4v) is 3.36. The Labute approximate surface area is 154 Å². The molecule has 0 saturated carbocycles. The predicted octanol–water partition coefficient (Wildman–Crippen LogP) is 3.46. The fraction of sp³-hybridized carbons (Fsp3) is 0.412.